The predicted octanol–water partition coefficient (Wildman–Crippen LogP) is 2.68. The van der Waals surface area contributed by atoms with E-state index in [2.05, 4.69) is 27.4 Å². The van der Waals surface area contributed by atoms with Crippen molar-refractivity contribution < 1.29 is 9.21 Å². The molecule has 122 valence electrons. The van der Waals surface area contributed by atoms with Gasteiger partial charge in [0.15, 0.2) is 5.76 Å². The zero-order chi connectivity index (χ0) is 16.8. The molecule has 3 aromatic rings. The first kappa shape index (κ1) is 15.7. The Kier molecular flexibility index (Phi) is 4.86. The summed E-state index contributed by atoms with van der Waals surface area (Å²) < 4.78 is 5.28. The van der Waals surface area contributed by atoms with Crippen LogP contribution in [0.15, 0.2) is 59.2 Å². The number of benzene rings is 1. The van der Waals surface area contributed by atoms with Gasteiger partial charge < -0.3 is 15.5 Å². The maximum Gasteiger partial charge on any atom is 0.270 e. The van der Waals surface area contributed by atoms with Crippen molar-refractivity contribution in [3.63, 3.8) is 0 Å². The van der Waals surface area contributed by atoms with E-state index in [0.29, 0.717) is 18.0 Å². The third kappa shape index (κ3) is 3.98. The minimum atomic E-state index is -0.273. The molecule has 0 saturated heterocycles. The molecule has 0 saturated carbocycles. The van der Waals surface area contributed by atoms with Gasteiger partial charge in [-0.2, -0.15) is 0 Å². The molecule has 3 N–H and O–H groups in total. The van der Waals surface area contributed by atoms with Gasteiger partial charge in [-0.15, -0.1) is 0 Å². The minimum absolute atomic E-state index is 0.0401. The van der Waals surface area contributed by atoms with Crippen LogP contribution < -0.4 is 11.1 Å². The SMILES string of the molecule is Nc1nc(C(=O)NCCCc2ccccc2)cc(-c2ccco2)n1. The first-order valence-corrected chi connectivity index (χ1v) is 7.73. The summed E-state index contributed by atoms with van der Waals surface area (Å²) in [7, 11) is 0. The zero-order valence-corrected chi connectivity index (χ0v) is 13.1. The molecule has 0 radical (unpaired) electrons. The van der Waals surface area contributed by atoms with E-state index in [4.69, 9.17) is 10.2 Å². The summed E-state index contributed by atoms with van der Waals surface area (Å²) in [6.07, 6.45) is 3.29. The first-order valence-electron chi connectivity index (χ1n) is 7.73. The summed E-state index contributed by atoms with van der Waals surface area (Å²) in [6, 6.07) is 15.2. The van der Waals surface area contributed by atoms with Crippen LogP contribution in [0, 0.1) is 0 Å². The predicted molar refractivity (Wildman–Crippen MR) is 91.2 cm³/mol. The van der Waals surface area contributed by atoms with E-state index < -0.39 is 0 Å². The Balaban J connectivity index is 1.59. The van der Waals surface area contributed by atoms with E-state index in [1.165, 1.54) is 11.8 Å². The Morgan fingerprint density at radius 2 is 1.96 bits per heavy atom. The Labute approximate surface area is 139 Å². The lowest BCUT2D eigenvalue weighted by atomic mass is 10.1. The molecule has 2 heterocycles. The Hall–Kier alpha value is -3.15. The van der Waals surface area contributed by atoms with Crippen molar-refractivity contribution in [1.29, 1.82) is 0 Å². The summed E-state index contributed by atoms with van der Waals surface area (Å²) in [5.74, 6) is 0.311. The lowest BCUT2D eigenvalue weighted by Gasteiger charge is -2.06. The third-order valence-electron chi connectivity index (χ3n) is 3.52. The molecule has 1 aromatic carbocycles. The average Bonchev–Trinajstić information content (AvgIpc) is 3.13. The van der Waals surface area contributed by atoms with Crippen LogP contribution in [0.25, 0.3) is 11.5 Å². The van der Waals surface area contributed by atoms with Crippen LogP contribution in [0.2, 0.25) is 0 Å². The number of carbonyl (C=O) groups excluding carboxylic acids is 1. The van der Waals surface area contributed by atoms with Crippen LogP contribution in [0.3, 0.4) is 0 Å². The van der Waals surface area contributed by atoms with Gasteiger partial charge in [-0.1, -0.05) is 30.3 Å². The van der Waals surface area contributed by atoms with Crippen molar-refractivity contribution >= 4 is 11.9 Å². The molecule has 6 nitrogen and oxygen atoms in total. The molecule has 1 amide bonds. The van der Waals surface area contributed by atoms with Gasteiger partial charge in [0.25, 0.3) is 5.91 Å². The third-order valence-corrected chi connectivity index (χ3v) is 3.52. The molecule has 0 atom stereocenters. The second-order valence-electron chi connectivity index (χ2n) is 5.32. The first-order chi connectivity index (χ1) is 11.7. The van der Waals surface area contributed by atoms with Crippen LogP contribution >= 0.6 is 0 Å². The van der Waals surface area contributed by atoms with Crippen molar-refractivity contribution in [3.8, 4) is 11.5 Å². The molecular weight excluding hydrogens is 304 g/mol. The highest BCUT2D eigenvalue weighted by Crippen LogP contribution is 2.18. The molecule has 0 aliphatic rings. The number of carbonyl (C=O) groups is 1. The van der Waals surface area contributed by atoms with Gasteiger partial charge in [-0.05, 0) is 36.6 Å². The number of amides is 1. The largest absolute Gasteiger partial charge is 0.463 e. The van der Waals surface area contributed by atoms with Crippen molar-refractivity contribution in [2.75, 3.05) is 12.3 Å². The van der Waals surface area contributed by atoms with Crippen LogP contribution in [-0.2, 0) is 6.42 Å². The fourth-order valence-electron chi connectivity index (χ4n) is 2.36. The summed E-state index contributed by atoms with van der Waals surface area (Å²) >= 11 is 0. The summed E-state index contributed by atoms with van der Waals surface area (Å²) in [4.78, 5) is 20.3. The highest BCUT2D eigenvalue weighted by Gasteiger charge is 2.12. The van der Waals surface area contributed by atoms with E-state index in [1.807, 2.05) is 18.2 Å². The molecule has 0 aliphatic heterocycles. The molecule has 0 spiro atoms. The molecule has 0 fully saturated rings. The second kappa shape index (κ2) is 7.41. The Bertz CT molecular complexity index is 801. The molecule has 0 unspecified atom stereocenters. The molecule has 3 rings (SSSR count). The van der Waals surface area contributed by atoms with E-state index in [9.17, 15) is 4.79 Å². The second-order valence-corrected chi connectivity index (χ2v) is 5.32. The number of anilines is 1. The average molecular weight is 322 g/mol. The molecule has 0 bridgehead atoms. The smallest absolute Gasteiger partial charge is 0.270 e. The quantitative estimate of drug-likeness (QED) is 0.680. The number of aromatic nitrogens is 2. The van der Waals surface area contributed by atoms with E-state index in [0.717, 1.165) is 12.8 Å². The zero-order valence-electron chi connectivity index (χ0n) is 13.1. The van der Waals surface area contributed by atoms with Crippen molar-refractivity contribution in [3.05, 3.63) is 66.1 Å². The number of hydrogen-bond donors (Lipinski definition) is 2. The van der Waals surface area contributed by atoms with Gasteiger partial charge in [-0.25, -0.2) is 9.97 Å². The molecular formula is C18H18N4O2. The maximum atomic E-state index is 12.2. The summed E-state index contributed by atoms with van der Waals surface area (Å²) in [5.41, 5.74) is 7.66. The van der Waals surface area contributed by atoms with Crippen LogP contribution in [0.1, 0.15) is 22.5 Å². The van der Waals surface area contributed by atoms with Gasteiger partial charge in [-0.3, -0.25) is 4.79 Å². The molecule has 6 heteroatoms. The number of furan rings is 1. The van der Waals surface area contributed by atoms with Crippen LogP contribution in [-0.4, -0.2) is 22.4 Å². The van der Waals surface area contributed by atoms with Gasteiger partial charge in [0.1, 0.15) is 11.4 Å². The number of aryl methyl sites for hydroxylation is 1. The fourth-order valence-corrected chi connectivity index (χ4v) is 2.36. The molecule has 2 aromatic heterocycles. The van der Waals surface area contributed by atoms with Gasteiger partial charge in [0.2, 0.25) is 5.95 Å². The van der Waals surface area contributed by atoms with E-state index in [-0.39, 0.29) is 17.5 Å². The Morgan fingerprint density at radius 1 is 1.12 bits per heavy atom. The van der Waals surface area contributed by atoms with Gasteiger partial charge in [0, 0.05) is 6.54 Å². The van der Waals surface area contributed by atoms with Crippen LogP contribution in [0.4, 0.5) is 5.95 Å². The van der Waals surface area contributed by atoms with Crippen molar-refractivity contribution in [2.24, 2.45) is 0 Å². The van der Waals surface area contributed by atoms with E-state index in [1.54, 1.807) is 18.2 Å². The Morgan fingerprint density at radius 3 is 2.71 bits per heavy atom. The maximum absolute atomic E-state index is 12.2. The monoisotopic (exact) mass is 322 g/mol. The lowest BCUT2D eigenvalue weighted by Crippen LogP contribution is -2.26. The van der Waals surface area contributed by atoms with Crippen LogP contribution in [0.5, 0.6) is 0 Å². The summed E-state index contributed by atoms with van der Waals surface area (Å²) in [6.45, 7) is 0.563. The molecule has 24 heavy (non-hydrogen) atoms. The van der Waals surface area contributed by atoms with Crippen molar-refractivity contribution in [2.45, 2.75) is 12.8 Å². The highest BCUT2D eigenvalue weighted by atomic mass is 16.3. The minimum Gasteiger partial charge on any atom is -0.463 e. The van der Waals surface area contributed by atoms with Gasteiger partial charge >= 0.3 is 0 Å². The fraction of sp³-hybridized carbons (Fsp3) is 0.167. The number of nitrogens with one attached hydrogen (secondary N) is 1. The normalized spacial score (nSPS) is 10.5. The number of hydrogen-bond acceptors (Lipinski definition) is 5. The highest BCUT2D eigenvalue weighted by molar-refractivity contribution is 5.93. The van der Waals surface area contributed by atoms with Gasteiger partial charge in [0.05, 0.1) is 6.26 Å². The topological polar surface area (TPSA) is 94.0 Å². The van der Waals surface area contributed by atoms with E-state index >= 15 is 0 Å². The van der Waals surface area contributed by atoms with Crippen molar-refractivity contribution in [1.82, 2.24) is 15.3 Å². The molecule has 0 aliphatic carbocycles. The number of rotatable bonds is 6. The lowest BCUT2D eigenvalue weighted by molar-refractivity contribution is 0.0948. The standard InChI is InChI=1S/C18H18N4O2/c19-18-21-14(16-9-5-11-24-16)12-15(22-18)17(23)20-10-4-8-13-6-2-1-3-7-13/h1-3,5-7,9,11-12H,4,8,10H2,(H,20,23)(H2,19,21,22). The summed E-state index contributed by atoms with van der Waals surface area (Å²) in [5, 5.41) is 2.85. The number of nitrogen functional groups attached to an aromatic ring is 1. The number of nitrogens with two attached hydrogens (primary N) is 1. The number of nitrogens with zero attached hydrogens (tertiary/aromatic N) is 2.